The van der Waals surface area contributed by atoms with Crippen LogP contribution in [-0.4, -0.2) is 41.7 Å². The van der Waals surface area contributed by atoms with Crippen LogP contribution < -0.4 is 14.4 Å². The number of esters is 1. The molecule has 33 heavy (non-hydrogen) atoms. The number of nitrogens with zero attached hydrogens (tertiary/aromatic N) is 1. The minimum absolute atomic E-state index is 0.0735. The molecule has 1 heterocycles. The summed E-state index contributed by atoms with van der Waals surface area (Å²) < 4.78 is 56.2. The van der Waals surface area contributed by atoms with Crippen molar-refractivity contribution >= 4 is 23.5 Å². The zero-order valence-electron chi connectivity index (χ0n) is 17.9. The molecule has 0 atom stereocenters. The van der Waals surface area contributed by atoms with E-state index in [0.717, 1.165) is 17.0 Å². The number of benzene rings is 2. The number of hydrogen-bond donors (Lipinski definition) is 1. The molecular formula is C22H20F3NO7. The van der Waals surface area contributed by atoms with E-state index >= 15 is 0 Å². The summed E-state index contributed by atoms with van der Waals surface area (Å²) in [6, 6.07) is 6.63. The first-order chi connectivity index (χ1) is 15.3. The van der Waals surface area contributed by atoms with Gasteiger partial charge < -0.3 is 19.3 Å². The van der Waals surface area contributed by atoms with E-state index in [9.17, 15) is 27.6 Å². The molecule has 0 aliphatic carbocycles. The van der Waals surface area contributed by atoms with Gasteiger partial charge in [0.05, 0.1) is 11.3 Å². The van der Waals surface area contributed by atoms with E-state index in [1.54, 1.807) is 20.8 Å². The Labute approximate surface area is 186 Å². The van der Waals surface area contributed by atoms with Crippen molar-refractivity contribution in [1.82, 2.24) is 0 Å². The molecule has 0 radical (unpaired) electrons. The van der Waals surface area contributed by atoms with E-state index in [0.29, 0.717) is 6.07 Å². The number of ether oxygens (including phenoxy) is 3. The first-order valence-electron chi connectivity index (χ1n) is 9.66. The fourth-order valence-electron chi connectivity index (χ4n) is 3.08. The maximum absolute atomic E-state index is 13.5. The Bertz CT molecular complexity index is 1110. The van der Waals surface area contributed by atoms with Crippen LogP contribution in [0.3, 0.4) is 0 Å². The molecule has 3 rings (SSSR count). The molecule has 1 aliphatic rings. The van der Waals surface area contributed by atoms with Crippen LogP contribution >= 0.6 is 0 Å². The van der Waals surface area contributed by atoms with E-state index < -0.39 is 48.3 Å². The second kappa shape index (κ2) is 8.64. The highest BCUT2D eigenvalue weighted by Crippen LogP contribution is 2.44. The van der Waals surface area contributed by atoms with Crippen LogP contribution in [0.15, 0.2) is 36.4 Å². The fraction of sp³-hybridized carbons (Fsp3) is 0.318. The third-order valence-corrected chi connectivity index (χ3v) is 4.30. The quantitative estimate of drug-likeness (QED) is 0.656. The third kappa shape index (κ3) is 5.54. The van der Waals surface area contributed by atoms with Crippen molar-refractivity contribution in [2.75, 3.05) is 18.1 Å². The molecule has 0 saturated carbocycles. The molecular weight excluding hydrogens is 447 g/mol. The second-order valence-electron chi connectivity index (χ2n) is 8.07. The minimum atomic E-state index is -4.72. The number of halogens is 3. The van der Waals surface area contributed by atoms with Crippen LogP contribution in [0.4, 0.5) is 18.9 Å². The zero-order valence-corrected chi connectivity index (χ0v) is 17.9. The summed E-state index contributed by atoms with van der Waals surface area (Å²) in [5, 5.41) is 8.91. The molecule has 1 amide bonds. The minimum Gasteiger partial charge on any atom is -0.481 e. The number of fused-ring (bicyclic) bond motifs is 2. The molecule has 1 aliphatic heterocycles. The van der Waals surface area contributed by atoms with Crippen LogP contribution in [0, 0.1) is 0 Å². The highest BCUT2D eigenvalue weighted by atomic mass is 19.4. The molecule has 0 unspecified atom stereocenters. The summed E-state index contributed by atoms with van der Waals surface area (Å²) in [6.07, 6.45) is -4.72. The number of amides is 1. The zero-order chi connectivity index (χ0) is 24.6. The van der Waals surface area contributed by atoms with Gasteiger partial charge in [0, 0.05) is 0 Å². The van der Waals surface area contributed by atoms with Gasteiger partial charge in [0.1, 0.15) is 29.2 Å². The van der Waals surface area contributed by atoms with Gasteiger partial charge in [0.25, 0.3) is 5.91 Å². The van der Waals surface area contributed by atoms with Crippen molar-refractivity contribution in [2.45, 2.75) is 32.5 Å². The van der Waals surface area contributed by atoms with Gasteiger partial charge in [-0.15, -0.1) is 0 Å². The summed E-state index contributed by atoms with van der Waals surface area (Å²) in [7, 11) is 0. The van der Waals surface area contributed by atoms with E-state index in [1.165, 1.54) is 18.2 Å². The Morgan fingerprint density at radius 1 is 1.09 bits per heavy atom. The van der Waals surface area contributed by atoms with Gasteiger partial charge in [-0.3, -0.25) is 14.5 Å². The molecule has 11 heteroatoms. The summed E-state index contributed by atoms with van der Waals surface area (Å²) in [5.74, 6) is -3.46. The number of carbonyl (C=O) groups excluding carboxylic acids is 2. The molecule has 2 aromatic carbocycles. The van der Waals surface area contributed by atoms with Gasteiger partial charge in [0.15, 0.2) is 12.4 Å². The molecule has 176 valence electrons. The molecule has 1 N–H and O–H groups in total. The smallest absolute Gasteiger partial charge is 0.416 e. The van der Waals surface area contributed by atoms with E-state index in [1.807, 2.05) is 0 Å². The Kier molecular flexibility index (Phi) is 6.26. The Balaban J connectivity index is 2.14. The van der Waals surface area contributed by atoms with Crippen LogP contribution in [0.5, 0.6) is 17.2 Å². The number of rotatable bonds is 5. The van der Waals surface area contributed by atoms with Gasteiger partial charge in [-0.1, -0.05) is 6.07 Å². The average molecular weight is 467 g/mol. The van der Waals surface area contributed by atoms with Crippen molar-refractivity contribution in [2.24, 2.45) is 0 Å². The third-order valence-electron chi connectivity index (χ3n) is 4.30. The number of carboxylic acids is 1. The molecule has 8 nitrogen and oxygen atoms in total. The van der Waals surface area contributed by atoms with Crippen LogP contribution in [-0.2, 0) is 20.5 Å². The largest absolute Gasteiger partial charge is 0.481 e. The molecule has 0 spiro atoms. The van der Waals surface area contributed by atoms with E-state index in [2.05, 4.69) is 0 Å². The van der Waals surface area contributed by atoms with Gasteiger partial charge in [-0.25, -0.2) is 4.79 Å². The maximum atomic E-state index is 13.5. The van der Waals surface area contributed by atoms with Crippen molar-refractivity contribution in [1.29, 1.82) is 0 Å². The lowest BCUT2D eigenvalue weighted by Gasteiger charge is -2.25. The van der Waals surface area contributed by atoms with E-state index in [-0.39, 0.29) is 28.5 Å². The normalized spacial score (nSPS) is 13.4. The Hall–Kier alpha value is -3.76. The molecule has 0 aromatic heterocycles. The number of anilines is 1. The lowest BCUT2D eigenvalue weighted by Crippen LogP contribution is -2.38. The number of alkyl halides is 3. The van der Waals surface area contributed by atoms with Crippen LogP contribution in [0.2, 0.25) is 0 Å². The summed E-state index contributed by atoms with van der Waals surface area (Å²) in [6.45, 7) is 3.30. The van der Waals surface area contributed by atoms with Gasteiger partial charge in [0.2, 0.25) is 0 Å². The highest BCUT2D eigenvalue weighted by molar-refractivity contribution is 6.13. The number of aliphatic carboxylic acids is 1. The number of carboxylic acid groups (broad SMARTS) is 1. The highest BCUT2D eigenvalue weighted by Gasteiger charge is 2.37. The second-order valence-corrected chi connectivity index (χ2v) is 8.07. The predicted octanol–water partition coefficient (Wildman–Crippen LogP) is 4.26. The first kappa shape index (κ1) is 23.9. The monoisotopic (exact) mass is 467 g/mol. The number of hydrogen-bond acceptors (Lipinski definition) is 6. The Morgan fingerprint density at radius 2 is 1.79 bits per heavy atom. The lowest BCUT2D eigenvalue weighted by molar-refractivity contribution is -0.153. The van der Waals surface area contributed by atoms with Gasteiger partial charge in [-0.2, -0.15) is 13.2 Å². The molecule has 2 aromatic rings. The molecule has 0 bridgehead atoms. The van der Waals surface area contributed by atoms with Crippen molar-refractivity contribution in [3.8, 4) is 17.2 Å². The number of carbonyl (C=O) groups is 3. The molecule has 0 fully saturated rings. The van der Waals surface area contributed by atoms with Crippen molar-refractivity contribution < 1.29 is 46.9 Å². The first-order valence-corrected chi connectivity index (χ1v) is 9.66. The summed E-state index contributed by atoms with van der Waals surface area (Å²) in [4.78, 5) is 37.7. The average Bonchev–Trinajstić information content (AvgIpc) is 2.79. The summed E-state index contributed by atoms with van der Waals surface area (Å²) >= 11 is 0. The molecule has 0 saturated heterocycles. The predicted molar refractivity (Wildman–Crippen MR) is 109 cm³/mol. The van der Waals surface area contributed by atoms with Crippen LogP contribution in [0.25, 0.3) is 0 Å². The summed E-state index contributed by atoms with van der Waals surface area (Å²) in [5.41, 5.74) is -2.51. The lowest BCUT2D eigenvalue weighted by atomic mass is 10.1. The van der Waals surface area contributed by atoms with Crippen molar-refractivity contribution in [3.05, 3.63) is 47.5 Å². The maximum Gasteiger partial charge on any atom is 0.416 e. The van der Waals surface area contributed by atoms with Crippen LogP contribution in [0.1, 0.15) is 36.7 Å². The Morgan fingerprint density at radius 3 is 2.39 bits per heavy atom. The topological polar surface area (TPSA) is 102 Å². The van der Waals surface area contributed by atoms with Gasteiger partial charge >= 0.3 is 18.1 Å². The standard InChI is InChI=1S/C22H20F3NO7/c1-21(2,3)33-18(29)10-26-13-9-12(22(23,24)25)7-8-14(13)32-16-6-4-5-15(19(16)20(26)30)31-11-17(27)28/h4-9H,10-11H2,1-3H3,(H,27,28). The SMILES string of the molecule is CC(C)(C)OC(=O)CN1C(=O)c2c(OCC(=O)O)cccc2Oc2ccc(C(F)(F)F)cc21. The van der Waals surface area contributed by atoms with Gasteiger partial charge in [-0.05, 0) is 51.1 Å². The fourth-order valence-corrected chi connectivity index (χ4v) is 3.08. The van der Waals surface area contributed by atoms with Crippen molar-refractivity contribution in [3.63, 3.8) is 0 Å². The van der Waals surface area contributed by atoms with E-state index in [4.69, 9.17) is 19.3 Å².